The summed E-state index contributed by atoms with van der Waals surface area (Å²) in [4.78, 5) is 0. The first-order valence-corrected chi connectivity index (χ1v) is 7.13. The Kier molecular flexibility index (Phi) is 2.20. The van der Waals surface area contributed by atoms with Crippen molar-refractivity contribution in [3.8, 4) is 0 Å². The molecule has 0 amide bonds. The van der Waals surface area contributed by atoms with Crippen LogP contribution in [0.1, 0.15) is 71.6 Å². The van der Waals surface area contributed by atoms with Crippen LogP contribution in [0.25, 0.3) is 0 Å². The van der Waals surface area contributed by atoms with E-state index in [9.17, 15) is 0 Å². The van der Waals surface area contributed by atoms with E-state index < -0.39 is 0 Å². The lowest BCUT2D eigenvalue weighted by Gasteiger charge is -2.61. The third kappa shape index (κ3) is 1.65. The SMILES string of the molecule is CCCCC12CC3CC(CC(C)(C3)C1)C2. The molecule has 15 heavy (non-hydrogen) atoms. The van der Waals surface area contributed by atoms with E-state index in [0.29, 0.717) is 0 Å². The summed E-state index contributed by atoms with van der Waals surface area (Å²) in [6.45, 7) is 4.94. The molecule has 0 nitrogen and oxygen atoms in total. The van der Waals surface area contributed by atoms with Gasteiger partial charge in [0.2, 0.25) is 0 Å². The van der Waals surface area contributed by atoms with Gasteiger partial charge in [0.25, 0.3) is 0 Å². The van der Waals surface area contributed by atoms with Crippen molar-refractivity contribution in [3.63, 3.8) is 0 Å². The van der Waals surface area contributed by atoms with Crippen LogP contribution in [0.5, 0.6) is 0 Å². The molecule has 0 spiro atoms. The lowest BCUT2D eigenvalue weighted by atomic mass is 9.44. The largest absolute Gasteiger partial charge is 0.0654 e. The molecule has 4 saturated carbocycles. The zero-order valence-electron chi connectivity index (χ0n) is 10.5. The van der Waals surface area contributed by atoms with Gasteiger partial charge in [0.1, 0.15) is 0 Å². The molecule has 4 rings (SSSR count). The van der Waals surface area contributed by atoms with E-state index in [0.717, 1.165) is 22.7 Å². The van der Waals surface area contributed by atoms with E-state index in [2.05, 4.69) is 13.8 Å². The number of hydrogen-bond acceptors (Lipinski definition) is 0. The maximum Gasteiger partial charge on any atom is -0.0287 e. The highest BCUT2D eigenvalue weighted by Gasteiger charge is 2.54. The molecule has 0 aromatic carbocycles. The minimum Gasteiger partial charge on any atom is -0.0654 e. The molecule has 0 aromatic heterocycles. The summed E-state index contributed by atoms with van der Waals surface area (Å²) in [5, 5.41) is 0. The van der Waals surface area contributed by atoms with E-state index in [1.54, 1.807) is 44.9 Å². The van der Waals surface area contributed by atoms with Crippen LogP contribution in [0.3, 0.4) is 0 Å². The molecule has 0 aliphatic heterocycles. The van der Waals surface area contributed by atoms with Gasteiger partial charge >= 0.3 is 0 Å². The van der Waals surface area contributed by atoms with Crippen LogP contribution >= 0.6 is 0 Å². The highest BCUT2D eigenvalue weighted by atomic mass is 14.6. The quantitative estimate of drug-likeness (QED) is 0.623. The minimum absolute atomic E-state index is 0.762. The summed E-state index contributed by atoms with van der Waals surface area (Å²) >= 11 is 0. The van der Waals surface area contributed by atoms with Crippen molar-refractivity contribution in [1.82, 2.24) is 0 Å². The van der Waals surface area contributed by atoms with Gasteiger partial charge in [-0.25, -0.2) is 0 Å². The van der Waals surface area contributed by atoms with Crippen molar-refractivity contribution < 1.29 is 0 Å². The van der Waals surface area contributed by atoms with Crippen LogP contribution < -0.4 is 0 Å². The first-order chi connectivity index (χ1) is 7.13. The van der Waals surface area contributed by atoms with Gasteiger partial charge < -0.3 is 0 Å². The molecule has 0 heterocycles. The molecule has 4 aliphatic carbocycles. The summed E-state index contributed by atoms with van der Waals surface area (Å²) in [6, 6.07) is 0. The van der Waals surface area contributed by atoms with Gasteiger partial charge in [0.05, 0.1) is 0 Å². The molecule has 4 bridgehead atoms. The number of hydrogen-bond donors (Lipinski definition) is 0. The second kappa shape index (κ2) is 3.25. The van der Waals surface area contributed by atoms with Gasteiger partial charge in [-0.15, -0.1) is 0 Å². The summed E-state index contributed by atoms with van der Waals surface area (Å²) in [5.41, 5.74) is 1.58. The van der Waals surface area contributed by atoms with Crippen LogP contribution in [-0.4, -0.2) is 0 Å². The Hall–Kier alpha value is 0. The Morgan fingerprint density at radius 3 is 2.27 bits per heavy atom. The first-order valence-electron chi connectivity index (χ1n) is 7.13. The van der Waals surface area contributed by atoms with E-state index in [4.69, 9.17) is 0 Å². The van der Waals surface area contributed by atoms with Crippen LogP contribution in [0.4, 0.5) is 0 Å². The minimum atomic E-state index is 0.762. The van der Waals surface area contributed by atoms with Gasteiger partial charge in [-0.2, -0.15) is 0 Å². The van der Waals surface area contributed by atoms with Crippen LogP contribution in [0, 0.1) is 22.7 Å². The van der Waals surface area contributed by atoms with E-state index in [-0.39, 0.29) is 0 Å². The van der Waals surface area contributed by atoms with Gasteiger partial charge in [-0.05, 0) is 67.6 Å². The monoisotopic (exact) mass is 206 g/mol. The predicted octanol–water partition coefficient (Wildman–Crippen LogP) is 4.78. The normalized spacial score (nSPS) is 52.4. The lowest BCUT2D eigenvalue weighted by molar-refractivity contribution is -0.106. The molecular weight excluding hydrogens is 180 g/mol. The molecule has 86 valence electrons. The van der Waals surface area contributed by atoms with Gasteiger partial charge in [0.15, 0.2) is 0 Å². The van der Waals surface area contributed by atoms with Crippen molar-refractivity contribution in [2.45, 2.75) is 71.6 Å². The van der Waals surface area contributed by atoms with E-state index >= 15 is 0 Å². The van der Waals surface area contributed by atoms with Gasteiger partial charge in [-0.1, -0.05) is 26.7 Å². The molecule has 0 heteroatoms. The predicted molar refractivity (Wildman–Crippen MR) is 64.7 cm³/mol. The number of unbranched alkanes of at least 4 members (excludes halogenated alkanes) is 1. The first kappa shape index (κ1) is 10.2. The Labute approximate surface area is 94.8 Å². The molecular formula is C15H26. The molecule has 2 unspecified atom stereocenters. The maximum absolute atomic E-state index is 2.59. The Balaban J connectivity index is 1.80. The average molecular weight is 206 g/mol. The maximum atomic E-state index is 2.59. The van der Waals surface area contributed by atoms with Gasteiger partial charge in [0, 0.05) is 0 Å². The van der Waals surface area contributed by atoms with E-state index in [1.807, 2.05) is 0 Å². The molecule has 4 aliphatic rings. The second-order valence-corrected chi connectivity index (χ2v) is 7.38. The topological polar surface area (TPSA) is 0 Å². The second-order valence-electron chi connectivity index (χ2n) is 7.38. The molecule has 0 saturated heterocycles. The molecule has 0 N–H and O–H groups in total. The lowest BCUT2D eigenvalue weighted by Crippen LogP contribution is -2.50. The fourth-order valence-electron chi connectivity index (χ4n) is 5.77. The standard InChI is InChI=1S/C15H26/c1-3-4-5-15-9-12-6-13(10-15)8-14(2,7-12)11-15/h12-13H,3-11H2,1-2H3. The molecule has 2 atom stereocenters. The highest BCUT2D eigenvalue weighted by molar-refractivity contribution is 5.05. The molecule has 0 radical (unpaired) electrons. The van der Waals surface area contributed by atoms with Crippen LogP contribution in [0.2, 0.25) is 0 Å². The number of rotatable bonds is 3. The Bertz CT molecular complexity index is 239. The summed E-state index contributed by atoms with van der Waals surface area (Å²) in [6.07, 6.45) is 13.9. The fraction of sp³-hybridized carbons (Fsp3) is 1.00. The third-order valence-electron chi connectivity index (χ3n) is 5.54. The van der Waals surface area contributed by atoms with Crippen molar-refractivity contribution in [3.05, 3.63) is 0 Å². The zero-order chi connectivity index (χ0) is 10.5. The Morgan fingerprint density at radius 1 is 1.07 bits per heavy atom. The highest BCUT2D eigenvalue weighted by Crippen LogP contribution is 2.66. The van der Waals surface area contributed by atoms with Crippen molar-refractivity contribution in [2.24, 2.45) is 22.7 Å². The van der Waals surface area contributed by atoms with Crippen LogP contribution in [-0.2, 0) is 0 Å². The zero-order valence-corrected chi connectivity index (χ0v) is 10.5. The fourth-order valence-corrected chi connectivity index (χ4v) is 5.77. The van der Waals surface area contributed by atoms with Crippen molar-refractivity contribution >= 4 is 0 Å². The average Bonchev–Trinajstić information content (AvgIpc) is 2.10. The summed E-state index contributed by atoms with van der Waals surface area (Å²) in [5.74, 6) is 2.24. The van der Waals surface area contributed by atoms with Crippen molar-refractivity contribution in [1.29, 1.82) is 0 Å². The molecule has 0 aromatic rings. The summed E-state index contributed by atoms with van der Waals surface area (Å²) < 4.78 is 0. The van der Waals surface area contributed by atoms with Crippen LogP contribution in [0.15, 0.2) is 0 Å². The van der Waals surface area contributed by atoms with Crippen molar-refractivity contribution in [2.75, 3.05) is 0 Å². The Morgan fingerprint density at radius 2 is 1.73 bits per heavy atom. The van der Waals surface area contributed by atoms with Gasteiger partial charge in [-0.3, -0.25) is 0 Å². The summed E-state index contributed by atoms with van der Waals surface area (Å²) in [7, 11) is 0. The third-order valence-corrected chi connectivity index (χ3v) is 5.54. The smallest absolute Gasteiger partial charge is 0.0287 e. The van der Waals surface area contributed by atoms with E-state index in [1.165, 1.54) is 12.8 Å². The molecule has 4 fully saturated rings.